The molecule has 0 aliphatic carbocycles. The van der Waals surface area contributed by atoms with Gasteiger partial charge in [0.1, 0.15) is 5.69 Å². The Morgan fingerprint density at radius 3 is 2.52 bits per heavy atom. The van der Waals surface area contributed by atoms with Crippen molar-refractivity contribution in [1.29, 1.82) is 0 Å². The minimum absolute atomic E-state index is 0.00537. The van der Waals surface area contributed by atoms with E-state index >= 15 is 0 Å². The van der Waals surface area contributed by atoms with Crippen molar-refractivity contribution in [2.75, 3.05) is 18.5 Å². The molecule has 0 saturated heterocycles. The number of hydrogen-bond donors (Lipinski definition) is 2. The third-order valence-electron chi connectivity index (χ3n) is 3.07. The van der Waals surface area contributed by atoms with Crippen LogP contribution in [0.3, 0.4) is 0 Å². The SMILES string of the molecule is CCOC(=O)C(=CNc1cnc2c(O)cccn2c1=O)C(=O)OCC. The van der Waals surface area contributed by atoms with E-state index in [-0.39, 0.29) is 35.9 Å². The summed E-state index contributed by atoms with van der Waals surface area (Å²) >= 11 is 0. The van der Waals surface area contributed by atoms with Gasteiger partial charge < -0.3 is 19.9 Å². The molecule has 2 N–H and O–H groups in total. The van der Waals surface area contributed by atoms with Crippen molar-refractivity contribution >= 4 is 23.3 Å². The Hall–Kier alpha value is -3.36. The van der Waals surface area contributed by atoms with Crippen molar-refractivity contribution < 1.29 is 24.2 Å². The standard InChI is InChI=1S/C16H17N3O6/c1-3-24-15(22)10(16(23)25-4-2)8-17-11-9-18-13-12(20)6-5-7-19(13)14(11)21/h5-9,17,20H,3-4H2,1-2H3. The summed E-state index contributed by atoms with van der Waals surface area (Å²) in [5.74, 6) is -1.90. The van der Waals surface area contributed by atoms with Crippen molar-refractivity contribution in [2.45, 2.75) is 13.8 Å². The van der Waals surface area contributed by atoms with E-state index in [1.165, 1.54) is 24.5 Å². The van der Waals surface area contributed by atoms with Crippen LogP contribution in [-0.4, -0.2) is 39.6 Å². The predicted molar refractivity (Wildman–Crippen MR) is 88.1 cm³/mol. The van der Waals surface area contributed by atoms with Crippen LogP contribution in [0.5, 0.6) is 5.75 Å². The number of hydrogen-bond acceptors (Lipinski definition) is 8. The fraction of sp³-hybridized carbons (Fsp3) is 0.250. The van der Waals surface area contributed by atoms with E-state index in [9.17, 15) is 19.5 Å². The lowest BCUT2D eigenvalue weighted by Crippen LogP contribution is -2.21. The first-order valence-corrected chi connectivity index (χ1v) is 7.49. The van der Waals surface area contributed by atoms with Crippen molar-refractivity contribution in [3.8, 4) is 5.75 Å². The maximum absolute atomic E-state index is 12.4. The van der Waals surface area contributed by atoms with E-state index in [1.54, 1.807) is 13.8 Å². The Morgan fingerprint density at radius 2 is 1.92 bits per heavy atom. The molecule has 25 heavy (non-hydrogen) atoms. The van der Waals surface area contributed by atoms with Gasteiger partial charge in [0.25, 0.3) is 5.56 Å². The Morgan fingerprint density at radius 1 is 1.28 bits per heavy atom. The molecular formula is C16H17N3O6. The highest BCUT2D eigenvalue weighted by atomic mass is 16.6. The van der Waals surface area contributed by atoms with E-state index in [0.717, 1.165) is 10.6 Å². The largest absolute Gasteiger partial charge is 0.504 e. The number of esters is 2. The molecule has 0 fully saturated rings. The van der Waals surface area contributed by atoms with Gasteiger partial charge in [-0.25, -0.2) is 14.6 Å². The second-order valence-electron chi connectivity index (χ2n) is 4.71. The molecule has 0 bridgehead atoms. The van der Waals surface area contributed by atoms with Crippen LogP contribution >= 0.6 is 0 Å². The van der Waals surface area contributed by atoms with Crippen LogP contribution in [0, 0.1) is 0 Å². The van der Waals surface area contributed by atoms with E-state index in [4.69, 9.17) is 9.47 Å². The Bertz CT molecular complexity index is 867. The molecule has 0 saturated carbocycles. The molecule has 0 amide bonds. The van der Waals surface area contributed by atoms with Gasteiger partial charge in [-0.2, -0.15) is 0 Å². The third-order valence-corrected chi connectivity index (χ3v) is 3.07. The Balaban J connectivity index is 2.38. The molecule has 9 nitrogen and oxygen atoms in total. The normalized spacial score (nSPS) is 10.2. The number of aromatic hydroxyl groups is 1. The van der Waals surface area contributed by atoms with Crippen LogP contribution in [0.25, 0.3) is 5.65 Å². The van der Waals surface area contributed by atoms with Crippen LogP contribution in [0.15, 0.2) is 41.1 Å². The van der Waals surface area contributed by atoms with E-state index in [0.29, 0.717) is 0 Å². The lowest BCUT2D eigenvalue weighted by atomic mass is 10.3. The zero-order chi connectivity index (χ0) is 18.4. The first-order valence-electron chi connectivity index (χ1n) is 7.49. The number of pyridine rings is 1. The molecule has 0 radical (unpaired) electrons. The van der Waals surface area contributed by atoms with E-state index in [2.05, 4.69) is 10.3 Å². The molecule has 0 unspecified atom stereocenters. The molecule has 2 aromatic rings. The lowest BCUT2D eigenvalue weighted by Gasteiger charge is -2.08. The minimum Gasteiger partial charge on any atom is -0.504 e. The zero-order valence-corrected chi connectivity index (χ0v) is 13.7. The van der Waals surface area contributed by atoms with Gasteiger partial charge in [0, 0.05) is 12.4 Å². The van der Waals surface area contributed by atoms with Crippen LogP contribution in [0.1, 0.15) is 13.8 Å². The van der Waals surface area contributed by atoms with Crippen LogP contribution in [0.2, 0.25) is 0 Å². The van der Waals surface area contributed by atoms with Crippen LogP contribution < -0.4 is 10.9 Å². The van der Waals surface area contributed by atoms with Gasteiger partial charge in [-0.05, 0) is 26.0 Å². The molecule has 0 aromatic carbocycles. The summed E-state index contributed by atoms with van der Waals surface area (Å²) < 4.78 is 10.7. The summed E-state index contributed by atoms with van der Waals surface area (Å²) in [5, 5.41) is 12.3. The fourth-order valence-corrected chi connectivity index (χ4v) is 1.96. The van der Waals surface area contributed by atoms with Gasteiger partial charge in [-0.1, -0.05) is 0 Å². The first-order chi connectivity index (χ1) is 12.0. The minimum atomic E-state index is -0.875. The number of fused-ring (bicyclic) bond motifs is 1. The maximum Gasteiger partial charge on any atom is 0.347 e. The molecule has 2 rings (SSSR count). The summed E-state index contributed by atoms with van der Waals surface area (Å²) in [6, 6.07) is 2.88. The smallest absolute Gasteiger partial charge is 0.347 e. The molecule has 0 atom stereocenters. The van der Waals surface area contributed by atoms with Gasteiger partial charge in [0.05, 0.1) is 19.4 Å². The molecule has 2 heterocycles. The average molecular weight is 347 g/mol. The monoisotopic (exact) mass is 347 g/mol. The summed E-state index contributed by atoms with van der Waals surface area (Å²) in [7, 11) is 0. The number of nitrogens with zero attached hydrogens (tertiary/aromatic N) is 2. The highest BCUT2D eigenvalue weighted by Crippen LogP contribution is 2.14. The highest BCUT2D eigenvalue weighted by Gasteiger charge is 2.21. The molecule has 0 spiro atoms. The van der Waals surface area contributed by atoms with E-state index < -0.39 is 17.5 Å². The van der Waals surface area contributed by atoms with Gasteiger partial charge in [0.2, 0.25) is 0 Å². The molecule has 2 aromatic heterocycles. The van der Waals surface area contributed by atoms with Gasteiger partial charge >= 0.3 is 11.9 Å². The predicted octanol–water partition coefficient (Wildman–Crippen LogP) is 0.822. The van der Waals surface area contributed by atoms with Crippen LogP contribution in [0.4, 0.5) is 5.69 Å². The van der Waals surface area contributed by atoms with Crippen molar-refractivity contribution in [1.82, 2.24) is 9.38 Å². The molecule has 9 heteroatoms. The number of ether oxygens (including phenoxy) is 2. The highest BCUT2D eigenvalue weighted by molar-refractivity contribution is 6.14. The maximum atomic E-state index is 12.4. The van der Waals surface area contributed by atoms with Crippen molar-refractivity contribution in [3.63, 3.8) is 0 Å². The number of rotatable bonds is 6. The van der Waals surface area contributed by atoms with Crippen molar-refractivity contribution in [3.05, 3.63) is 46.7 Å². The molecule has 132 valence electrons. The first kappa shape index (κ1) is 18.0. The van der Waals surface area contributed by atoms with Gasteiger partial charge in [-0.15, -0.1) is 0 Å². The second-order valence-corrected chi connectivity index (χ2v) is 4.71. The van der Waals surface area contributed by atoms with Gasteiger partial charge in [-0.3, -0.25) is 9.20 Å². The van der Waals surface area contributed by atoms with Crippen molar-refractivity contribution in [2.24, 2.45) is 0 Å². The number of aromatic nitrogens is 2. The Kier molecular flexibility index (Phi) is 5.72. The fourth-order valence-electron chi connectivity index (χ4n) is 1.96. The van der Waals surface area contributed by atoms with E-state index in [1.807, 2.05) is 0 Å². The molecule has 0 aliphatic heterocycles. The third kappa shape index (κ3) is 3.94. The zero-order valence-electron chi connectivity index (χ0n) is 13.7. The van der Waals surface area contributed by atoms with Gasteiger partial charge in [0.15, 0.2) is 17.0 Å². The topological polar surface area (TPSA) is 119 Å². The molecule has 0 aliphatic rings. The average Bonchev–Trinajstić information content (AvgIpc) is 2.58. The summed E-state index contributed by atoms with van der Waals surface area (Å²) in [6.07, 6.45) is 3.64. The molecular weight excluding hydrogens is 330 g/mol. The quantitative estimate of drug-likeness (QED) is 0.341. The Labute approximate surface area is 142 Å². The summed E-state index contributed by atoms with van der Waals surface area (Å²) in [4.78, 5) is 40.1. The number of nitrogens with one attached hydrogen (secondary N) is 1. The second kappa shape index (κ2) is 7.95. The summed E-state index contributed by atoms with van der Waals surface area (Å²) in [6.45, 7) is 3.35. The number of carbonyl (C=O) groups excluding carboxylic acids is 2. The van der Waals surface area contributed by atoms with Crippen LogP contribution in [-0.2, 0) is 19.1 Å². The number of carbonyl (C=O) groups is 2. The summed E-state index contributed by atoms with van der Waals surface area (Å²) in [5.41, 5.74) is -0.833. The number of anilines is 1. The lowest BCUT2D eigenvalue weighted by molar-refractivity contribution is -0.146.